The summed E-state index contributed by atoms with van der Waals surface area (Å²) in [7, 11) is 4.45. The van der Waals surface area contributed by atoms with E-state index in [-0.39, 0.29) is 17.0 Å². The van der Waals surface area contributed by atoms with E-state index in [9.17, 15) is 4.79 Å². The van der Waals surface area contributed by atoms with E-state index in [4.69, 9.17) is 0 Å². The van der Waals surface area contributed by atoms with Gasteiger partial charge in [-0.3, -0.25) is 4.79 Å². The fourth-order valence-corrected chi connectivity index (χ4v) is 6.98. The average molecular weight is 504 g/mol. The lowest BCUT2D eigenvalue weighted by Gasteiger charge is -2.55. The summed E-state index contributed by atoms with van der Waals surface area (Å²) in [6, 6.07) is 29.6. The molecule has 1 fully saturated rings. The van der Waals surface area contributed by atoms with Gasteiger partial charge < -0.3 is 14.8 Å². The molecule has 4 nitrogen and oxygen atoms in total. The van der Waals surface area contributed by atoms with Crippen molar-refractivity contribution in [3.05, 3.63) is 113 Å². The van der Waals surface area contributed by atoms with Crippen LogP contribution in [0, 0.1) is 0 Å². The van der Waals surface area contributed by atoms with Crippen molar-refractivity contribution >= 4 is 22.9 Å². The molecule has 2 aliphatic rings. The van der Waals surface area contributed by atoms with Crippen molar-refractivity contribution in [3.8, 4) is 0 Å². The quantitative estimate of drug-likeness (QED) is 0.313. The minimum atomic E-state index is -0.319. The Morgan fingerprint density at radius 3 is 2.26 bits per heavy atom. The lowest BCUT2D eigenvalue weighted by Crippen LogP contribution is -2.59. The maximum absolute atomic E-state index is 13.9. The first kappa shape index (κ1) is 24.7. The number of likely N-dealkylation sites (N-methyl/N-ethyl adjacent to an activating group) is 1. The maximum Gasteiger partial charge on any atom is 0.247 e. The van der Waals surface area contributed by atoms with Crippen LogP contribution in [0.2, 0.25) is 0 Å². The summed E-state index contributed by atoms with van der Waals surface area (Å²) in [6.45, 7) is 0.750. The largest absolute Gasteiger partial charge is 0.356 e. The Balaban J connectivity index is 1.37. The summed E-state index contributed by atoms with van der Waals surface area (Å²) < 4.78 is 0. The van der Waals surface area contributed by atoms with Gasteiger partial charge in [0.1, 0.15) is 0 Å². The van der Waals surface area contributed by atoms with Crippen LogP contribution in [0.25, 0.3) is 17.0 Å². The molecule has 4 aromatic rings. The fraction of sp³-hybridized carbons (Fsp3) is 0.324. The van der Waals surface area contributed by atoms with Gasteiger partial charge in [-0.1, -0.05) is 78.9 Å². The van der Waals surface area contributed by atoms with Crippen LogP contribution in [0.4, 0.5) is 0 Å². The first-order valence-electron chi connectivity index (χ1n) is 13.9. The predicted octanol–water partition coefficient (Wildman–Crippen LogP) is 6.58. The van der Waals surface area contributed by atoms with Crippen molar-refractivity contribution in [2.45, 2.75) is 49.6 Å². The van der Waals surface area contributed by atoms with E-state index in [0.29, 0.717) is 0 Å². The van der Waals surface area contributed by atoms with Gasteiger partial charge in [0.15, 0.2) is 0 Å². The third-order valence-corrected chi connectivity index (χ3v) is 9.20. The number of H-pyrrole nitrogens is 1. The van der Waals surface area contributed by atoms with E-state index in [0.717, 1.165) is 50.6 Å². The molecule has 0 bridgehead atoms. The van der Waals surface area contributed by atoms with Crippen molar-refractivity contribution in [3.63, 3.8) is 0 Å². The molecule has 1 saturated carbocycles. The van der Waals surface area contributed by atoms with Crippen molar-refractivity contribution in [2.24, 2.45) is 0 Å². The molecule has 38 heavy (non-hydrogen) atoms. The molecule has 3 aromatic carbocycles. The Morgan fingerprint density at radius 2 is 1.55 bits per heavy atom. The maximum atomic E-state index is 13.9. The normalized spacial score (nSPS) is 23.4. The van der Waals surface area contributed by atoms with E-state index in [2.05, 4.69) is 83.5 Å². The van der Waals surface area contributed by atoms with Crippen LogP contribution in [-0.4, -0.2) is 46.9 Å². The van der Waals surface area contributed by atoms with Crippen LogP contribution < -0.4 is 0 Å². The zero-order valence-electron chi connectivity index (χ0n) is 22.5. The number of hydrogen-bond acceptors (Lipinski definition) is 2. The molecule has 1 amide bonds. The second kappa shape index (κ2) is 9.92. The van der Waals surface area contributed by atoms with Crippen LogP contribution in [-0.2, 0) is 23.2 Å². The predicted molar refractivity (Wildman–Crippen MR) is 156 cm³/mol. The van der Waals surface area contributed by atoms with Crippen LogP contribution in [0.1, 0.15) is 48.1 Å². The van der Waals surface area contributed by atoms with E-state index in [1.165, 1.54) is 27.7 Å². The Morgan fingerprint density at radius 1 is 0.895 bits per heavy atom. The molecule has 6 rings (SSSR count). The molecule has 0 atom stereocenters. The molecule has 4 heteroatoms. The number of hydrogen-bond donors (Lipinski definition) is 1. The number of fused-ring (bicyclic) bond motifs is 4. The summed E-state index contributed by atoms with van der Waals surface area (Å²) in [6.07, 6.45) is 9.62. The minimum absolute atomic E-state index is 0.0742. The zero-order chi connectivity index (χ0) is 26.2. The van der Waals surface area contributed by atoms with E-state index in [1.807, 2.05) is 36.4 Å². The number of aromatic nitrogens is 1. The molecule has 2 heterocycles. The number of nitrogens with zero attached hydrogens (tertiary/aromatic N) is 2. The van der Waals surface area contributed by atoms with Crippen LogP contribution in [0.15, 0.2) is 91.0 Å². The van der Waals surface area contributed by atoms with Crippen LogP contribution >= 0.6 is 0 Å². The minimum Gasteiger partial charge on any atom is -0.356 e. The standard InChI is InChI=1S/C34H37N3O/c1-36(2)33(25-27-13-7-4-8-14-27)20-22-34(23-21-33)32-29(28-15-9-10-16-30(28)35-32)19-24-37(34)31(38)18-17-26-11-5-3-6-12-26/h3-18,35H,19-25H2,1-2H3/b18-17+. The number of amides is 1. The van der Waals surface area contributed by atoms with Crippen molar-refractivity contribution in [2.75, 3.05) is 20.6 Å². The van der Waals surface area contributed by atoms with Gasteiger partial charge in [-0.05, 0) is 81.5 Å². The molecule has 194 valence electrons. The van der Waals surface area contributed by atoms with Gasteiger partial charge in [0.05, 0.1) is 5.54 Å². The molecule has 1 aliphatic heterocycles. The fourth-order valence-electron chi connectivity index (χ4n) is 6.98. The zero-order valence-corrected chi connectivity index (χ0v) is 22.5. The van der Waals surface area contributed by atoms with Gasteiger partial charge in [0.25, 0.3) is 0 Å². The number of carbonyl (C=O) groups excluding carboxylic acids is 1. The highest BCUT2D eigenvalue weighted by atomic mass is 16.2. The van der Waals surface area contributed by atoms with Gasteiger partial charge in [-0.15, -0.1) is 0 Å². The number of nitrogens with one attached hydrogen (secondary N) is 1. The summed E-state index contributed by atoms with van der Waals surface area (Å²) in [5, 5.41) is 1.31. The van der Waals surface area contributed by atoms with Crippen molar-refractivity contribution in [1.29, 1.82) is 0 Å². The Bertz CT molecular complexity index is 1440. The topological polar surface area (TPSA) is 39.3 Å². The molecule has 1 N–H and O–H groups in total. The molecule has 1 aliphatic carbocycles. The molecule has 0 saturated heterocycles. The van der Waals surface area contributed by atoms with Crippen molar-refractivity contribution < 1.29 is 4.79 Å². The van der Waals surface area contributed by atoms with Gasteiger partial charge in [0, 0.05) is 34.8 Å². The third-order valence-electron chi connectivity index (χ3n) is 9.20. The SMILES string of the molecule is CN(C)C1(Cc2ccccc2)CCC2(CC1)c1[nH]c3ccccc3c1CCN2C(=O)/C=C/c1ccccc1. The lowest BCUT2D eigenvalue weighted by molar-refractivity contribution is -0.137. The second-order valence-electron chi connectivity index (χ2n) is 11.3. The highest BCUT2D eigenvalue weighted by Crippen LogP contribution is 2.51. The van der Waals surface area contributed by atoms with Gasteiger partial charge in [-0.25, -0.2) is 0 Å². The Labute approximate surface area is 226 Å². The summed E-state index contributed by atoms with van der Waals surface area (Å²) in [4.78, 5) is 22.3. The summed E-state index contributed by atoms with van der Waals surface area (Å²) in [5.41, 5.74) is 6.03. The highest BCUT2D eigenvalue weighted by Gasteiger charge is 2.52. The monoisotopic (exact) mass is 503 g/mol. The number of benzene rings is 3. The summed E-state index contributed by atoms with van der Waals surface area (Å²) in [5.74, 6) is 0.110. The number of aromatic amines is 1. The highest BCUT2D eigenvalue weighted by molar-refractivity contribution is 5.93. The molecule has 0 radical (unpaired) electrons. The van der Waals surface area contributed by atoms with E-state index in [1.54, 1.807) is 6.08 Å². The second-order valence-corrected chi connectivity index (χ2v) is 11.3. The third kappa shape index (κ3) is 4.27. The van der Waals surface area contributed by atoms with E-state index < -0.39 is 0 Å². The van der Waals surface area contributed by atoms with Gasteiger partial charge in [-0.2, -0.15) is 0 Å². The summed E-state index contributed by atoms with van der Waals surface area (Å²) >= 11 is 0. The first-order valence-corrected chi connectivity index (χ1v) is 13.9. The Hall–Kier alpha value is -3.63. The molecular formula is C34H37N3O. The van der Waals surface area contributed by atoms with Crippen LogP contribution in [0.3, 0.4) is 0 Å². The number of rotatable bonds is 5. The molecule has 1 spiro atoms. The molecular weight excluding hydrogens is 466 g/mol. The van der Waals surface area contributed by atoms with Crippen molar-refractivity contribution in [1.82, 2.24) is 14.8 Å². The van der Waals surface area contributed by atoms with Gasteiger partial charge >= 0.3 is 0 Å². The number of carbonyl (C=O) groups is 1. The average Bonchev–Trinajstić information content (AvgIpc) is 3.34. The molecule has 1 aromatic heterocycles. The Kier molecular flexibility index (Phi) is 6.45. The lowest BCUT2D eigenvalue weighted by atomic mass is 9.65. The number of para-hydroxylation sites is 1. The smallest absolute Gasteiger partial charge is 0.247 e. The van der Waals surface area contributed by atoms with Gasteiger partial charge in [0.2, 0.25) is 5.91 Å². The van der Waals surface area contributed by atoms with E-state index >= 15 is 0 Å². The van der Waals surface area contributed by atoms with Crippen LogP contribution in [0.5, 0.6) is 0 Å². The first-order chi connectivity index (χ1) is 18.5. The molecule has 0 unspecified atom stereocenters.